The van der Waals surface area contributed by atoms with E-state index in [-0.39, 0.29) is 6.04 Å². The van der Waals surface area contributed by atoms with Crippen molar-refractivity contribution in [3.63, 3.8) is 0 Å². The molecule has 1 amide bonds. The second-order valence-corrected chi connectivity index (χ2v) is 5.06. The van der Waals surface area contributed by atoms with E-state index in [9.17, 15) is 4.79 Å². The van der Waals surface area contributed by atoms with E-state index in [4.69, 9.17) is 0 Å². The van der Waals surface area contributed by atoms with Crippen molar-refractivity contribution in [3.05, 3.63) is 12.4 Å². The number of likely N-dealkylation sites (tertiary alicyclic amines) is 1. The van der Waals surface area contributed by atoms with Crippen LogP contribution in [0.5, 0.6) is 0 Å². The Morgan fingerprint density at radius 3 is 2.53 bits per heavy atom. The number of rotatable bonds is 2. The molecule has 0 N–H and O–H groups in total. The first-order valence-electron chi connectivity index (χ1n) is 6.49. The number of aromatic nitrogens is 3. The first kappa shape index (κ1) is 10.7. The Bertz CT molecular complexity index is 383. The zero-order valence-electron chi connectivity index (χ0n) is 9.96. The standard InChI is InChI=1S/C12H18N4O/c17-12(10-3-1-2-4-10)15-8-5-11(9-15)16-13-6-7-14-16/h6-7,10-11H,1-5,8-9H2. The average Bonchev–Trinajstić information content (AvgIpc) is 3.09. The van der Waals surface area contributed by atoms with E-state index in [0.29, 0.717) is 11.8 Å². The molecule has 17 heavy (non-hydrogen) atoms. The molecular formula is C12H18N4O. The highest BCUT2D eigenvalue weighted by Gasteiger charge is 2.33. The van der Waals surface area contributed by atoms with Gasteiger partial charge < -0.3 is 4.90 Å². The minimum Gasteiger partial charge on any atom is -0.340 e. The van der Waals surface area contributed by atoms with Crippen molar-refractivity contribution in [3.8, 4) is 0 Å². The van der Waals surface area contributed by atoms with Crippen molar-refractivity contribution < 1.29 is 4.79 Å². The molecule has 1 aliphatic carbocycles. The Hall–Kier alpha value is -1.39. The van der Waals surface area contributed by atoms with Gasteiger partial charge in [0.25, 0.3) is 0 Å². The summed E-state index contributed by atoms with van der Waals surface area (Å²) in [6, 6.07) is 0.273. The molecule has 1 unspecified atom stereocenters. The van der Waals surface area contributed by atoms with Crippen LogP contribution in [0.1, 0.15) is 38.1 Å². The van der Waals surface area contributed by atoms with E-state index >= 15 is 0 Å². The summed E-state index contributed by atoms with van der Waals surface area (Å²) in [4.78, 5) is 16.0. The van der Waals surface area contributed by atoms with Crippen LogP contribution in [0.25, 0.3) is 0 Å². The molecule has 0 aromatic carbocycles. The van der Waals surface area contributed by atoms with Gasteiger partial charge in [-0.3, -0.25) is 4.79 Å². The van der Waals surface area contributed by atoms with Gasteiger partial charge in [0.15, 0.2) is 0 Å². The first-order valence-corrected chi connectivity index (χ1v) is 6.49. The maximum Gasteiger partial charge on any atom is 0.225 e. The van der Waals surface area contributed by atoms with Crippen LogP contribution >= 0.6 is 0 Å². The molecule has 2 fully saturated rings. The molecule has 0 spiro atoms. The summed E-state index contributed by atoms with van der Waals surface area (Å²) >= 11 is 0. The molecule has 2 heterocycles. The smallest absolute Gasteiger partial charge is 0.225 e. The lowest BCUT2D eigenvalue weighted by Gasteiger charge is -2.20. The molecule has 1 atom stereocenters. The fraction of sp³-hybridized carbons (Fsp3) is 0.750. The van der Waals surface area contributed by atoms with E-state index < -0.39 is 0 Å². The van der Waals surface area contributed by atoms with Crippen molar-refractivity contribution in [1.29, 1.82) is 0 Å². The Kier molecular flexibility index (Phi) is 2.82. The van der Waals surface area contributed by atoms with Gasteiger partial charge in [0.05, 0.1) is 18.4 Å². The van der Waals surface area contributed by atoms with Gasteiger partial charge in [-0.05, 0) is 19.3 Å². The number of nitrogens with zero attached hydrogens (tertiary/aromatic N) is 4. The summed E-state index contributed by atoms with van der Waals surface area (Å²) in [6.07, 6.45) is 8.97. The lowest BCUT2D eigenvalue weighted by molar-refractivity contribution is -0.134. The van der Waals surface area contributed by atoms with Crippen molar-refractivity contribution in [2.24, 2.45) is 5.92 Å². The monoisotopic (exact) mass is 234 g/mol. The summed E-state index contributed by atoms with van der Waals surface area (Å²) in [6.45, 7) is 1.64. The molecule has 3 rings (SSSR count). The minimum absolute atomic E-state index is 0.273. The van der Waals surface area contributed by atoms with Crippen molar-refractivity contribution >= 4 is 5.91 Å². The van der Waals surface area contributed by atoms with Gasteiger partial charge in [0.2, 0.25) is 5.91 Å². The number of carbonyl (C=O) groups is 1. The van der Waals surface area contributed by atoms with Crippen LogP contribution in [0, 0.1) is 5.92 Å². The van der Waals surface area contributed by atoms with Crippen LogP contribution < -0.4 is 0 Å². The largest absolute Gasteiger partial charge is 0.340 e. The topological polar surface area (TPSA) is 51.0 Å². The van der Waals surface area contributed by atoms with E-state index in [1.165, 1.54) is 12.8 Å². The van der Waals surface area contributed by atoms with Crippen LogP contribution in [0.3, 0.4) is 0 Å². The lowest BCUT2D eigenvalue weighted by Crippen LogP contribution is -2.33. The molecular weight excluding hydrogens is 216 g/mol. The Labute approximate surface area is 101 Å². The highest BCUT2D eigenvalue weighted by Crippen LogP contribution is 2.29. The number of hydrogen-bond acceptors (Lipinski definition) is 3. The predicted octanol–water partition coefficient (Wildman–Crippen LogP) is 1.24. The SMILES string of the molecule is O=C(C1CCCC1)N1CCC(n2nccn2)C1. The molecule has 1 aliphatic heterocycles. The van der Waals surface area contributed by atoms with Gasteiger partial charge in [-0.2, -0.15) is 15.0 Å². The highest BCUT2D eigenvalue weighted by atomic mass is 16.2. The highest BCUT2D eigenvalue weighted by molar-refractivity contribution is 5.79. The third-order valence-electron chi connectivity index (χ3n) is 3.94. The maximum absolute atomic E-state index is 12.2. The molecule has 0 radical (unpaired) electrons. The Balaban J connectivity index is 1.62. The molecule has 0 bridgehead atoms. The Morgan fingerprint density at radius 1 is 1.12 bits per heavy atom. The van der Waals surface area contributed by atoms with Crippen molar-refractivity contribution in [2.75, 3.05) is 13.1 Å². The molecule has 2 aliphatic rings. The van der Waals surface area contributed by atoms with Gasteiger partial charge >= 0.3 is 0 Å². The lowest BCUT2D eigenvalue weighted by atomic mass is 10.1. The van der Waals surface area contributed by atoms with Crippen LogP contribution in [-0.4, -0.2) is 38.9 Å². The molecule has 1 saturated carbocycles. The number of carbonyl (C=O) groups excluding carboxylic acids is 1. The fourth-order valence-corrected chi connectivity index (χ4v) is 2.98. The van der Waals surface area contributed by atoms with Gasteiger partial charge in [0.1, 0.15) is 0 Å². The first-order chi connectivity index (χ1) is 8.34. The molecule has 1 saturated heterocycles. The number of amides is 1. The second kappa shape index (κ2) is 4.47. The zero-order chi connectivity index (χ0) is 11.7. The van der Waals surface area contributed by atoms with E-state index in [1.807, 2.05) is 4.90 Å². The van der Waals surface area contributed by atoms with Crippen molar-refractivity contribution in [2.45, 2.75) is 38.1 Å². The quantitative estimate of drug-likeness (QED) is 0.773. The molecule has 5 heteroatoms. The van der Waals surface area contributed by atoms with Gasteiger partial charge in [-0.15, -0.1) is 0 Å². The number of hydrogen-bond donors (Lipinski definition) is 0. The van der Waals surface area contributed by atoms with E-state index in [0.717, 1.165) is 32.4 Å². The Morgan fingerprint density at radius 2 is 1.82 bits per heavy atom. The van der Waals surface area contributed by atoms with Gasteiger partial charge in [0, 0.05) is 19.0 Å². The van der Waals surface area contributed by atoms with Crippen LogP contribution in [-0.2, 0) is 4.79 Å². The summed E-state index contributed by atoms with van der Waals surface area (Å²) in [7, 11) is 0. The van der Waals surface area contributed by atoms with Crippen LogP contribution in [0.2, 0.25) is 0 Å². The molecule has 92 valence electrons. The zero-order valence-corrected chi connectivity index (χ0v) is 9.96. The van der Waals surface area contributed by atoms with E-state index in [1.54, 1.807) is 17.2 Å². The molecule has 5 nitrogen and oxygen atoms in total. The summed E-state index contributed by atoms with van der Waals surface area (Å²) < 4.78 is 0. The van der Waals surface area contributed by atoms with E-state index in [2.05, 4.69) is 10.2 Å². The fourth-order valence-electron chi connectivity index (χ4n) is 2.98. The van der Waals surface area contributed by atoms with Crippen molar-refractivity contribution in [1.82, 2.24) is 19.9 Å². The molecule has 1 aromatic heterocycles. The van der Waals surface area contributed by atoms with Gasteiger partial charge in [-0.1, -0.05) is 12.8 Å². The third-order valence-corrected chi connectivity index (χ3v) is 3.94. The minimum atomic E-state index is 0.273. The second-order valence-electron chi connectivity index (χ2n) is 5.06. The third kappa shape index (κ3) is 2.06. The normalized spacial score (nSPS) is 25.6. The molecule has 1 aromatic rings. The summed E-state index contributed by atoms with van der Waals surface area (Å²) in [5.41, 5.74) is 0. The van der Waals surface area contributed by atoms with Crippen LogP contribution in [0.4, 0.5) is 0 Å². The summed E-state index contributed by atoms with van der Waals surface area (Å²) in [5, 5.41) is 8.31. The average molecular weight is 234 g/mol. The predicted molar refractivity (Wildman–Crippen MR) is 62.2 cm³/mol. The summed E-state index contributed by atoms with van der Waals surface area (Å²) in [5.74, 6) is 0.650. The van der Waals surface area contributed by atoms with Gasteiger partial charge in [-0.25, -0.2) is 0 Å². The van der Waals surface area contributed by atoms with Crippen LogP contribution in [0.15, 0.2) is 12.4 Å². The maximum atomic E-state index is 12.2.